The fourth-order valence-electron chi connectivity index (χ4n) is 5.40. The van der Waals surface area contributed by atoms with Crippen LogP contribution < -0.4 is 15.8 Å². The Morgan fingerprint density at radius 1 is 1.05 bits per heavy atom. The summed E-state index contributed by atoms with van der Waals surface area (Å²) in [5.41, 5.74) is 8.93. The van der Waals surface area contributed by atoms with E-state index in [1.54, 1.807) is 13.3 Å². The van der Waals surface area contributed by atoms with E-state index in [9.17, 15) is 8.78 Å². The molecule has 0 spiro atoms. The summed E-state index contributed by atoms with van der Waals surface area (Å²) in [4.78, 5) is 7.24. The smallest absolute Gasteiger partial charge is 0.141 e. The third kappa shape index (κ3) is 5.50. The van der Waals surface area contributed by atoms with E-state index in [4.69, 9.17) is 22.1 Å². The van der Waals surface area contributed by atoms with Gasteiger partial charge in [0.2, 0.25) is 0 Å². The molecule has 5 nitrogen and oxygen atoms in total. The van der Waals surface area contributed by atoms with Crippen LogP contribution in [0, 0.1) is 11.6 Å². The van der Waals surface area contributed by atoms with Crippen LogP contribution in [0.2, 0.25) is 5.02 Å². The van der Waals surface area contributed by atoms with Gasteiger partial charge in [-0.2, -0.15) is 0 Å². The van der Waals surface area contributed by atoms with Gasteiger partial charge in [0.05, 0.1) is 22.2 Å². The van der Waals surface area contributed by atoms with Crippen molar-refractivity contribution in [2.45, 2.75) is 50.9 Å². The average Bonchev–Trinajstić information content (AvgIpc) is 3.27. The lowest BCUT2D eigenvalue weighted by atomic mass is 9.89. The van der Waals surface area contributed by atoms with Crippen LogP contribution in [0.4, 0.5) is 14.6 Å². The molecule has 0 atom stereocenters. The number of aromatic nitrogens is 1. The molecule has 200 valence electrons. The summed E-state index contributed by atoms with van der Waals surface area (Å²) in [5, 5.41) is 3.86. The Kier molecular flexibility index (Phi) is 8.14. The Morgan fingerprint density at radius 3 is 2.47 bits per heavy atom. The van der Waals surface area contributed by atoms with Crippen LogP contribution in [0.3, 0.4) is 0 Å². The van der Waals surface area contributed by atoms with Gasteiger partial charge in [0.15, 0.2) is 0 Å². The van der Waals surface area contributed by atoms with Crippen molar-refractivity contribution >= 4 is 38.8 Å². The summed E-state index contributed by atoms with van der Waals surface area (Å²) >= 11 is 7.90. The number of pyridine rings is 1. The van der Waals surface area contributed by atoms with Gasteiger partial charge in [0.1, 0.15) is 23.2 Å². The van der Waals surface area contributed by atoms with E-state index in [0.717, 1.165) is 65.1 Å². The molecule has 1 aliphatic carbocycles. The molecular formula is C29H31ClF2N4OS. The van der Waals surface area contributed by atoms with Gasteiger partial charge in [-0.3, -0.25) is 4.90 Å². The summed E-state index contributed by atoms with van der Waals surface area (Å²) < 4.78 is 35.1. The first kappa shape index (κ1) is 26.8. The molecule has 1 saturated carbocycles. The minimum Gasteiger partial charge on any atom is -0.496 e. The third-order valence-electron chi connectivity index (χ3n) is 7.48. The zero-order valence-corrected chi connectivity index (χ0v) is 23.0. The van der Waals surface area contributed by atoms with Gasteiger partial charge in [-0.15, -0.1) is 11.3 Å². The van der Waals surface area contributed by atoms with Crippen LogP contribution in [0.15, 0.2) is 48.7 Å². The van der Waals surface area contributed by atoms with Crippen LogP contribution in [-0.4, -0.2) is 36.1 Å². The predicted molar refractivity (Wildman–Crippen MR) is 152 cm³/mol. The Labute approximate surface area is 230 Å². The molecule has 0 radical (unpaired) electrons. The molecule has 2 aromatic carbocycles. The largest absolute Gasteiger partial charge is 0.496 e. The highest BCUT2D eigenvalue weighted by Gasteiger charge is 2.28. The lowest BCUT2D eigenvalue weighted by Gasteiger charge is -2.37. The van der Waals surface area contributed by atoms with E-state index in [1.807, 2.05) is 31.3 Å². The number of nitrogen functional groups attached to an aromatic ring is 1. The average molecular weight is 557 g/mol. The molecule has 1 fully saturated rings. The van der Waals surface area contributed by atoms with Gasteiger partial charge in [0, 0.05) is 41.8 Å². The molecule has 0 unspecified atom stereocenters. The van der Waals surface area contributed by atoms with Gasteiger partial charge in [-0.1, -0.05) is 17.7 Å². The lowest BCUT2D eigenvalue weighted by molar-refractivity contribution is 0.130. The Bertz CT molecular complexity index is 1440. The number of benzene rings is 2. The first-order valence-corrected chi connectivity index (χ1v) is 13.9. The number of rotatable bonds is 8. The zero-order chi connectivity index (χ0) is 26.8. The fraction of sp³-hybridized carbons (Fsp3) is 0.345. The van der Waals surface area contributed by atoms with Crippen molar-refractivity contribution in [1.82, 2.24) is 15.2 Å². The van der Waals surface area contributed by atoms with E-state index >= 15 is 0 Å². The molecule has 3 N–H and O–H groups in total. The predicted octanol–water partition coefficient (Wildman–Crippen LogP) is 7.02. The molecule has 5 rings (SSSR count). The van der Waals surface area contributed by atoms with Crippen LogP contribution in [0.1, 0.15) is 36.1 Å². The van der Waals surface area contributed by atoms with Crippen LogP contribution in [-0.2, 0) is 13.1 Å². The van der Waals surface area contributed by atoms with Gasteiger partial charge in [-0.05, 0) is 80.3 Å². The first-order chi connectivity index (χ1) is 18.4. The van der Waals surface area contributed by atoms with E-state index in [1.165, 1.54) is 11.3 Å². The maximum atomic E-state index is 14.6. The van der Waals surface area contributed by atoms with Crippen molar-refractivity contribution in [1.29, 1.82) is 0 Å². The molecule has 1 aliphatic rings. The minimum atomic E-state index is -0.499. The molecule has 2 aromatic heterocycles. The highest BCUT2D eigenvalue weighted by atomic mass is 35.5. The van der Waals surface area contributed by atoms with Gasteiger partial charge >= 0.3 is 0 Å². The van der Waals surface area contributed by atoms with Gasteiger partial charge in [-0.25, -0.2) is 13.8 Å². The molecule has 0 aliphatic heterocycles. The van der Waals surface area contributed by atoms with Crippen LogP contribution in [0.5, 0.6) is 5.75 Å². The lowest BCUT2D eigenvalue weighted by Crippen LogP contribution is -2.41. The maximum absolute atomic E-state index is 14.6. The number of methoxy groups -OCH3 is 1. The number of hydrogen-bond donors (Lipinski definition) is 2. The van der Waals surface area contributed by atoms with E-state index < -0.39 is 11.6 Å². The molecule has 0 bridgehead atoms. The van der Waals surface area contributed by atoms with Crippen molar-refractivity contribution in [3.8, 4) is 16.9 Å². The second-order valence-corrected chi connectivity index (χ2v) is 11.3. The van der Waals surface area contributed by atoms with Crippen LogP contribution in [0.25, 0.3) is 21.2 Å². The Balaban J connectivity index is 1.51. The van der Waals surface area contributed by atoms with E-state index in [-0.39, 0.29) is 10.1 Å². The Hall–Kier alpha value is -2.78. The van der Waals surface area contributed by atoms with Gasteiger partial charge in [0.25, 0.3) is 0 Å². The molecule has 4 aromatic rings. The summed E-state index contributed by atoms with van der Waals surface area (Å²) in [6, 6.07) is 13.0. The quantitative estimate of drug-likeness (QED) is 0.244. The third-order valence-corrected chi connectivity index (χ3v) is 9.20. The van der Waals surface area contributed by atoms with Crippen LogP contribution >= 0.6 is 22.9 Å². The van der Waals surface area contributed by atoms with Crippen molar-refractivity contribution in [2.24, 2.45) is 0 Å². The summed E-state index contributed by atoms with van der Waals surface area (Å²) in [6.07, 6.45) is 5.85. The second-order valence-electron chi connectivity index (χ2n) is 9.77. The molecule has 0 saturated heterocycles. The second kappa shape index (κ2) is 11.5. The number of halogens is 3. The van der Waals surface area contributed by atoms with E-state index in [2.05, 4.69) is 21.3 Å². The van der Waals surface area contributed by atoms with Crippen molar-refractivity contribution in [3.05, 3.63) is 75.8 Å². The van der Waals surface area contributed by atoms with Crippen molar-refractivity contribution < 1.29 is 13.5 Å². The highest BCUT2D eigenvalue weighted by molar-refractivity contribution is 7.19. The minimum absolute atomic E-state index is 0.167. The number of nitrogens with one attached hydrogen (secondary N) is 1. The topological polar surface area (TPSA) is 63.4 Å². The number of thiophene rings is 1. The summed E-state index contributed by atoms with van der Waals surface area (Å²) in [7, 11) is 3.67. The summed E-state index contributed by atoms with van der Waals surface area (Å²) in [6.45, 7) is 1.09. The normalized spacial score (nSPS) is 17.8. The zero-order valence-electron chi connectivity index (χ0n) is 21.4. The molecule has 0 amide bonds. The van der Waals surface area contributed by atoms with E-state index in [0.29, 0.717) is 36.0 Å². The maximum Gasteiger partial charge on any atom is 0.141 e. The molecular weight excluding hydrogens is 526 g/mol. The number of nitrogens with zero attached hydrogens (tertiary/aromatic N) is 2. The number of ether oxygens (including phenoxy) is 1. The monoisotopic (exact) mass is 556 g/mol. The number of fused-ring (bicyclic) bond motifs is 1. The standard InChI is InChI=1S/C29H31ClF2N4OS/c1-34-20-4-6-21(7-5-20)36(16-25-28(30)27-22(31)8-9-23(32)29(27)38-25)15-19-13-17(3-10-24(19)37-2)18-11-12-35-26(33)14-18/h3,8-14,20-21,34H,4-7,15-16H2,1-2H3,(H2,33,35). The van der Waals surface area contributed by atoms with Gasteiger partial charge < -0.3 is 15.8 Å². The number of anilines is 1. The summed E-state index contributed by atoms with van der Waals surface area (Å²) in [5.74, 6) is 0.290. The first-order valence-electron chi connectivity index (χ1n) is 12.7. The highest BCUT2D eigenvalue weighted by Crippen LogP contribution is 2.40. The number of hydrogen-bond acceptors (Lipinski definition) is 6. The fourth-order valence-corrected chi connectivity index (χ4v) is 6.96. The van der Waals surface area contributed by atoms with Crippen molar-refractivity contribution in [2.75, 3.05) is 19.9 Å². The molecule has 2 heterocycles. The molecule has 38 heavy (non-hydrogen) atoms. The van der Waals surface area contributed by atoms with Crippen molar-refractivity contribution in [3.63, 3.8) is 0 Å². The Morgan fingerprint density at radius 2 is 1.79 bits per heavy atom. The SMILES string of the molecule is CNC1CCC(N(Cc2cc(-c3ccnc(N)c3)ccc2OC)Cc2sc3c(F)ccc(F)c3c2Cl)CC1. The molecule has 9 heteroatoms. The number of nitrogens with two attached hydrogens (primary N) is 1.